The van der Waals surface area contributed by atoms with Crippen molar-refractivity contribution in [2.24, 2.45) is 0 Å². The highest BCUT2D eigenvalue weighted by Gasteiger charge is 2.18. The minimum Gasteiger partial charge on any atom is -0.444 e. The zero-order valence-corrected chi connectivity index (χ0v) is 13.2. The van der Waals surface area contributed by atoms with Crippen molar-refractivity contribution in [3.63, 3.8) is 0 Å². The lowest BCUT2D eigenvalue weighted by Gasteiger charge is -2.19. The molecule has 0 bridgehead atoms. The molecule has 0 saturated carbocycles. The molecular formula is C15H17F2N3O3. The molecule has 8 heteroatoms. The lowest BCUT2D eigenvalue weighted by Crippen LogP contribution is -2.28. The SMILES string of the molecule is CCc1nc2c(F)cc(NC(=O)OC(C)(C)C)cn2c(=O)c1F. The van der Waals surface area contributed by atoms with E-state index in [1.54, 1.807) is 27.7 Å². The van der Waals surface area contributed by atoms with Crippen molar-refractivity contribution in [1.29, 1.82) is 0 Å². The van der Waals surface area contributed by atoms with Gasteiger partial charge in [0.2, 0.25) is 5.82 Å². The Balaban J connectivity index is 2.47. The fraction of sp³-hybridized carbons (Fsp3) is 0.400. The number of halogens is 2. The minimum absolute atomic E-state index is 0.0446. The van der Waals surface area contributed by atoms with E-state index in [2.05, 4.69) is 10.3 Å². The summed E-state index contributed by atoms with van der Waals surface area (Å²) in [4.78, 5) is 27.5. The lowest BCUT2D eigenvalue weighted by molar-refractivity contribution is 0.0636. The molecule has 0 aliphatic rings. The first-order chi connectivity index (χ1) is 10.6. The van der Waals surface area contributed by atoms with Crippen LogP contribution in [0.2, 0.25) is 0 Å². The number of amides is 1. The van der Waals surface area contributed by atoms with Gasteiger partial charge in [-0.3, -0.25) is 14.5 Å². The number of nitrogens with one attached hydrogen (secondary N) is 1. The van der Waals surface area contributed by atoms with Gasteiger partial charge in [-0.2, -0.15) is 4.39 Å². The van der Waals surface area contributed by atoms with E-state index in [1.165, 1.54) is 0 Å². The number of ether oxygens (including phenoxy) is 1. The topological polar surface area (TPSA) is 72.7 Å². The first kappa shape index (κ1) is 16.9. The third-order valence-corrected chi connectivity index (χ3v) is 2.87. The average molecular weight is 325 g/mol. The van der Waals surface area contributed by atoms with Crippen LogP contribution in [0.3, 0.4) is 0 Å². The van der Waals surface area contributed by atoms with E-state index in [4.69, 9.17) is 4.74 Å². The third kappa shape index (κ3) is 3.64. The van der Waals surface area contributed by atoms with Crippen LogP contribution < -0.4 is 10.9 Å². The molecule has 0 aliphatic heterocycles. The van der Waals surface area contributed by atoms with Crippen molar-refractivity contribution in [2.75, 3.05) is 5.32 Å². The Bertz CT molecular complexity index is 825. The Morgan fingerprint density at radius 2 is 2.04 bits per heavy atom. The number of aromatic nitrogens is 2. The highest BCUT2D eigenvalue weighted by molar-refractivity contribution is 5.84. The number of hydrogen-bond donors (Lipinski definition) is 1. The van der Waals surface area contributed by atoms with Gasteiger partial charge in [-0.25, -0.2) is 14.2 Å². The molecule has 0 aromatic carbocycles. The van der Waals surface area contributed by atoms with Crippen LogP contribution in [0.5, 0.6) is 0 Å². The molecule has 2 rings (SSSR count). The number of rotatable bonds is 2. The molecule has 23 heavy (non-hydrogen) atoms. The fourth-order valence-corrected chi connectivity index (χ4v) is 1.95. The molecule has 2 aromatic heterocycles. The Morgan fingerprint density at radius 1 is 1.39 bits per heavy atom. The largest absolute Gasteiger partial charge is 0.444 e. The highest BCUT2D eigenvalue weighted by Crippen LogP contribution is 2.16. The smallest absolute Gasteiger partial charge is 0.412 e. The van der Waals surface area contributed by atoms with Gasteiger partial charge in [-0.1, -0.05) is 6.92 Å². The number of carbonyl (C=O) groups is 1. The quantitative estimate of drug-likeness (QED) is 0.921. The Labute approximate surface area is 131 Å². The van der Waals surface area contributed by atoms with E-state index >= 15 is 0 Å². The fourth-order valence-electron chi connectivity index (χ4n) is 1.95. The van der Waals surface area contributed by atoms with E-state index in [9.17, 15) is 18.4 Å². The number of carbonyl (C=O) groups excluding carboxylic acids is 1. The van der Waals surface area contributed by atoms with Gasteiger partial charge in [-0.05, 0) is 27.2 Å². The Morgan fingerprint density at radius 3 is 2.61 bits per heavy atom. The lowest BCUT2D eigenvalue weighted by atomic mass is 10.2. The maximum atomic E-state index is 14.1. The predicted octanol–water partition coefficient (Wildman–Crippen LogP) is 2.88. The van der Waals surface area contributed by atoms with E-state index in [0.717, 1.165) is 16.7 Å². The first-order valence-corrected chi connectivity index (χ1v) is 7.02. The molecule has 0 atom stereocenters. The van der Waals surface area contributed by atoms with E-state index in [1.807, 2.05) is 0 Å². The van der Waals surface area contributed by atoms with Crippen LogP contribution in [-0.4, -0.2) is 21.1 Å². The second-order valence-corrected chi connectivity index (χ2v) is 5.93. The number of anilines is 1. The molecule has 0 aliphatic carbocycles. The Hall–Kier alpha value is -2.51. The zero-order chi connectivity index (χ0) is 17.4. The van der Waals surface area contributed by atoms with Gasteiger partial charge in [0, 0.05) is 12.3 Å². The third-order valence-electron chi connectivity index (χ3n) is 2.87. The molecule has 1 amide bonds. The number of pyridine rings is 1. The summed E-state index contributed by atoms with van der Waals surface area (Å²) < 4.78 is 33.7. The maximum absolute atomic E-state index is 14.1. The molecule has 1 N–H and O–H groups in total. The number of fused-ring (bicyclic) bond motifs is 1. The van der Waals surface area contributed by atoms with Gasteiger partial charge in [0.1, 0.15) is 5.60 Å². The van der Waals surface area contributed by atoms with Crippen molar-refractivity contribution in [2.45, 2.75) is 39.7 Å². The van der Waals surface area contributed by atoms with Crippen molar-refractivity contribution in [3.8, 4) is 0 Å². The normalized spacial score (nSPS) is 11.6. The molecule has 6 nitrogen and oxygen atoms in total. The molecule has 2 aromatic rings. The summed E-state index contributed by atoms with van der Waals surface area (Å²) in [5.74, 6) is -1.90. The zero-order valence-electron chi connectivity index (χ0n) is 13.2. The first-order valence-electron chi connectivity index (χ1n) is 7.02. The second kappa shape index (κ2) is 5.94. The van der Waals surface area contributed by atoms with Gasteiger partial charge in [-0.15, -0.1) is 0 Å². The van der Waals surface area contributed by atoms with Crippen LogP contribution in [0.1, 0.15) is 33.4 Å². The summed E-state index contributed by atoms with van der Waals surface area (Å²) in [7, 11) is 0. The Kier molecular flexibility index (Phi) is 4.35. The van der Waals surface area contributed by atoms with Crippen LogP contribution in [0.25, 0.3) is 5.65 Å². The van der Waals surface area contributed by atoms with E-state index in [0.29, 0.717) is 0 Å². The molecule has 2 heterocycles. The molecule has 0 saturated heterocycles. The molecule has 0 unspecified atom stereocenters. The summed E-state index contributed by atoms with van der Waals surface area (Å²) in [6, 6.07) is 0.989. The van der Waals surface area contributed by atoms with Gasteiger partial charge < -0.3 is 4.74 Å². The monoisotopic (exact) mass is 325 g/mol. The summed E-state index contributed by atoms with van der Waals surface area (Å²) in [6.07, 6.45) is 0.442. The van der Waals surface area contributed by atoms with Gasteiger partial charge in [0.25, 0.3) is 5.56 Å². The van der Waals surface area contributed by atoms with Gasteiger partial charge >= 0.3 is 6.09 Å². The second-order valence-electron chi connectivity index (χ2n) is 5.93. The minimum atomic E-state index is -1.04. The van der Waals surface area contributed by atoms with Crippen LogP contribution >= 0.6 is 0 Å². The number of aryl methyl sites for hydroxylation is 1. The maximum Gasteiger partial charge on any atom is 0.412 e. The molecule has 0 spiro atoms. The summed E-state index contributed by atoms with van der Waals surface area (Å²) in [6.45, 7) is 6.62. The number of nitrogens with zero attached hydrogens (tertiary/aromatic N) is 2. The van der Waals surface area contributed by atoms with Crippen LogP contribution in [0.4, 0.5) is 19.3 Å². The van der Waals surface area contributed by atoms with Crippen molar-refractivity contribution >= 4 is 17.4 Å². The highest BCUT2D eigenvalue weighted by atomic mass is 19.1. The predicted molar refractivity (Wildman–Crippen MR) is 80.6 cm³/mol. The average Bonchev–Trinajstić information content (AvgIpc) is 2.41. The van der Waals surface area contributed by atoms with E-state index < -0.39 is 28.9 Å². The molecular weight excluding hydrogens is 308 g/mol. The summed E-state index contributed by atoms with van der Waals surface area (Å²) in [5, 5.41) is 2.30. The van der Waals surface area contributed by atoms with Gasteiger partial charge in [0.05, 0.1) is 11.4 Å². The summed E-state index contributed by atoms with van der Waals surface area (Å²) >= 11 is 0. The van der Waals surface area contributed by atoms with Crippen LogP contribution in [-0.2, 0) is 11.2 Å². The number of hydrogen-bond acceptors (Lipinski definition) is 4. The van der Waals surface area contributed by atoms with E-state index in [-0.39, 0.29) is 23.4 Å². The van der Waals surface area contributed by atoms with Crippen molar-refractivity contribution in [1.82, 2.24) is 9.38 Å². The van der Waals surface area contributed by atoms with Crippen LogP contribution in [0.15, 0.2) is 17.1 Å². The summed E-state index contributed by atoms with van der Waals surface area (Å²) in [5.41, 5.74) is -2.22. The van der Waals surface area contributed by atoms with Gasteiger partial charge in [0.15, 0.2) is 11.5 Å². The molecule has 0 fully saturated rings. The van der Waals surface area contributed by atoms with Crippen LogP contribution in [0, 0.1) is 11.6 Å². The molecule has 0 radical (unpaired) electrons. The molecule has 124 valence electrons. The van der Waals surface area contributed by atoms with Crippen molar-refractivity contribution in [3.05, 3.63) is 39.9 Å². The standard InChI is InChI=1S/C15H17F2N3O3/c1-5-10-11(17)13(21)20-7-8(6-9(16)12(20)19-10)18-14(22)23-15(2,3)4/h6-7H,5H2,1-4H3,(H,18,22). The van der Waals surface area contributed by atoms with Crippen molar-refractivity contribution < 1.29 is 18.3 Å².